The molecule has 0 aliphatic heterocycles. The maximum atomic E-state index is 11.0. The van der Waals surface area contributed by atoms with Gasteiger partial charge in [0.25, 0.3) is 0 Å². The number of anilines is 1. The van der Waals surface area contributed by atoms with Crippen LogP contribution in [0.2, 0.25) is 0 Å². The highest BCUT2D eigenvalue weighted by atomic mass is 16.1. The first kappa shape index (κ1) is 7.78. The van der Waals surface area contributed by atoms with E-state index in [4.69, 9.17) is 0 Å². The zero-order chi connectivity index (χ0) is 8.43. The van der Waals surface area contributed by atoms with Gasteiger partial charge in [-0.25, -0.2) is 9.78 Å². The molecule has 0 amide bonds. The molecule has 0 bridgehead atoms. The van der Waals surface area contributed by atoms with E-state index in [2.05, 4.69) is 10.3 Å². The largest absolute Gasteiger partial charge is 0.374 e. The molecule has 1 aromatic rings. The van der Waals surface area contributed by atoms with Crippen molar-refractivity contribution in [1.82, 2.24) is 9.55 Å². The molecule has 0 radical (unpaired) electrons. The van der Waals surface area contributed by atoms with E-state index in [0.29, 0.717) is 0 Å². The maximum Gasteiger partial charge on any atom is 0.348 e. The van der Waals surface area contributed by atoms with Gasteiger partial charge in [0, 0.05) is 25.9 Å². The van der Waals surface area contributed by atoms with Gasteiger partial charge in [0.2, 0.25) is 0 Å². The first-order valence-corrected chi connectivity index (χ1v) is 3.37. The lowest BCUT2D eigenvalue weighted by molar-refractivity contribution is 0.809. The summed E-state index contributed by atoms with van der Waals surface area (Å²) >= 11 is 0. The van der Waals surface area contributed by atoms with Crippen molar-refractivity contribution in [2.75, 3.05) is 12.4 Å². The number of nitrogens with one attached hydrogen (secondary N) is 1. The van der Waals surface area contributed by atoms with Crippen molar-refractivity contribution in [3.63, 3.8) is 0 Å². The summed E-state index contributed by atoms with van der Waals surface area (Å²) in [6.45, 7) is 1.90. The van der Waals surface area contributed by atoms with Crippen LogP contribution in [0.4, 0.5) is 5.82 Å². The Bertz CT molecular complexity index is 316. The molecule has 0 fully saturated rings. The van der Waals surface area contributed by atoms with Crippen molar-refractivity contribution < 1.29 is 0 Å². The Kier molecular flexibility index (Phi) is 1.94. The molecular formula is C7H11N3O. The standard InChI is InChI=1S/C7H11N3O/c1-5-4-9-7(11)10(3)6(5)8-2/h4,8H,1-3H3. The summed E-state index contributed by atoms with van der Waals surface area (Å²) < 4.78 is 1.48. The van der Waals surface area contributed by atoms with Crippen molar-refractivity contribution in [3.8, 4) is 0 Å². The summed E-state index contributed by atoms with van der Waals surface area (Å²) in [6.07, 6.45) is 1.56. The molecule has 1 heterocycles. The molecule has 0 unspecified atom stereocenters. The molecule has 0 aliphatic carbocycles. The molecule has 4 nitrogen and oxygen atoms in total. The minimum atomic E-state index is -0.236. The Morgan fingerprint density at radius 3 is 2.73 bits per heavy atom. The minimum absolute atomic E-state index is 0.236. The molecule has 0 saturated carbocycles. The van der Waals surface area contributed by atoms with E-state index in [1.807, 2.05) is 6.92 Å². The molecule has 0 aromatic carbocycles. The molecule has 11 heavy (non-hydrogen) atoms. The number of nitrogens with zero attached hydrogens (tertiary/aromatic N) is 2. The van der Waals surface area contributed by atoms with Crippen LogP contribution in [0.1, 0.15) is 5.56 Å². The number of aromatic nitrogens is 2. The van der Waals surface area contributed by atoms with Gasteiger partial charge in [0.1, 0.15) is 5.82 Å². The van der Waals surface area contributed by atoms with Gasteiger partial charge >= 0.3 is 5.69 Å². The quantitative estimate of drug-likeness (QED) is 0.623. The first-order valence-electron chi connectivity index (χ1n) is 3.37. The van der Waals surface area contributed by atoms with Crippen LogP contribution in [0.15, 0.2) is 11.0 Å². The minimum Gasteiger partial charge on any atom is -0.374 e. The van der Waals surface area contributed by atoms with E-state index in [9.17, 15) is 4.79 Å². The number of rotatable bonds is 1. The molecule has 0 saturated heterocycles. The molecule has 0 atom stereocenters. The number of aryl methyl sites for hydroxylation is 1. The third kappa shape index (κ3) is 1.24. The zero-order valence-electron chi connectivity index (χ0n) is 6.88. The normalized spacial score (nSPS) is 9.73. The van der Waals surface area contributed by atoms with Crippen LogP contribution < -0.4 is 11.0 Å². The van der Waals surface area contributed by atoms with Crippen molar-refractivity contribution in [2.24, 2.45) is 7.05 Å². The van der Waals surface area contributed by atoms with E-state index in [0.717, 1.165) is 11.4 Å². The van der Waals surface area contributed by atoms with Gasteiger partial charge < -0.3 is 5.32 Å². The SMILES string of the molecule is CNc1c(C)cnc(=O)n1C. The van der Waals surface area contributed by atoms with E-state index in [-0.39, 0.29) is 5.69 Å². The molecule has 0 spiro atoms. The lowest BCUT2D eigenvalue weighted by Gasteiger charge is -2.08. The van der Waals surface area contributed by atoms with E-state index >= 15 is 0 Å². The predicted octanol–water partition coefficient (Wildman–Crippen LogP) is 0.130. The van der Waals surface area contributed by atoms with Gasteiger partial charge in [0.05, 0.1) is 0 Å². The molecule has 4 heteroatoms. The van der Waals surface area contributed by atoms with Crippen molar-refractivity contribution in [1.29, 1.82) is 0 Å². The highest BCUT2D eigenvalue weighted by Gasteiger charge is 2.00. The second kappa shape index (κ2) is 2.74. The van der Waals surface area contributed by atoms with Gasteiger partial charge in [-0.05, 0) is 6.92 Å². The van der Waals surface area contributed by atoms with E-state index < -0.39 is 0 Å². The van der Waals surface area contributed by atoms with E-state index in [1.54, 1.807) is 20.3 Å². The van der Waals surface area contributed by atoms with Crippen LogP contribution in [-0.2, 0) is 7.05 Å². The monoisotopic (exact) mass is 153 g/mol. The van der Waals surface area contributed by atoms with Crippen LogP contribution in [0.3, 0.4) is 0 Å². The number of hydrogen-bond donors (Lipinski definition) is 1. The van der Waals surface area contributed by atoms with Gasteiger partial charge in [-0.2, -0.15) is 0 Å². The van der Waals surface area contributed by atoms with Crippen molar-refractivity contribution in [3.05, 3.63) is 22.2 Å². The van der Waals surface area contributed by atoms with Crippen LogP contribution >= 0.6 is 0 Å². The number of hydrogen-bond acceptors (Lipinski definition) is 3. The lowest BCUT2D eigenvalue weighted by Crippen LogP contribution is -2.22. The van der Waals surface area contributed by atoms with Crippen molar-refractivity contribution >= 4 is 5.82 Å². The lowest BCUT2D eigenvalue weighted by atomic mass is 10.3. The molecule has 60 valence electrons. The Labute approximate surface area is 64.9 Å². The molecule has 1 aromatic heterocycles. The molecule has 1 N–H and O–H groups in total. The summed E-state index contributed by atoms with van der Waals surface area (Å²) in [5, 5.41) is 2.93. The topological polar surface area (TPSA) is 46.9 Å². The Balaban J connectivity index is 3.41. The van der Waals surface area contributed by atoms with Crippen LogP contribution in [0.5, 0.6) is 0 Å². The van der Waals surface area contributed by atoms with E-state index in [1.165, 1.54) is 4.57 Å². The smallest absolute Gasteiger partial charge is 0.348 e. The van der Waals surface area contributed by atoms with Gasteiger partial charge in [0.15, 0.2) is 0 Å². The van der Waals surface area contributed by atoms with Crippen LogP contribution in [-0.4, -0.2) is 16.6 Å². The summed E-state index contributed by atoms with van der Waals surface area (Å²) in [5.74, 6) is 0.810. The Morgan fingerprint density at radius 2 is 2.27 bits per heavy atom. The van der Waals surface area contributed by atoms with Gasteiger partial charge in [-0.15, -0.1) is 0 Å². The second-order valence-corrected chi connectivity index (χ2v) is 2.38. The predicted molar refractivity (Wildman–Crippen MR) is 43.8 cm³/mol. The average molecular weight is 153 g/mol. The Morgan fingerprint density at radius 1 is 1.64 bits per heavy atom. The highest BCUT2D eigenvalue weighted by molar-refractivity contribution is 5.41. The zero-order valence-corrected chi connectivity index (χ0v) is 6.88. The maximum absolute atomic E-state index is 11.0. The third-order valence-corrected chi connectivity index (χ3v) is 1.60. The fraction of sp³-hybridized carbons (Fsp3) is 0.429. The summed E-state index contributed by atoms with van der Waals surface area (Å²) in [5.41, 5.74) is 0.731. The summed E-state index contributed by atoms with van der Waals surface area (Å²) in [7, 11) is 3.47. The summed E-state index contributed by atoms with van der Waals surface area (Å²) in [4.78, 5) is 14.6. The summed E-state index contributed by atoms with van der Waals surface area (Å²) in [6, 6.07) is 0. The molecule has 1 rings (SSSR count). The van der Waals surface area contributed by atoms with Crippen LogP contribution in [0.25, 0.3) is 0 Å². The third-order valence-electron chi connectivity index (χ3n) is 1.60. The van der Waals surface area contributed by atoms with Crippen LogP contribution in [0, 0.1) is 6.92 Å². The average Bonchev–Trinajstić information content (AvgIpc) is 1.99. The molecule has 0 aliphatic rings. The Hall–Kier alpha value is -1.32. The van der Waals surface area contributed by atoms with Crippen molar-refractivity contribution in [2.45, 2.75) is 6.92 Å². The fourth-order valence-corrected chi connectivity index (χ4v) is 1.02. The first-order chi connectivity index (χ1) is 5.16. The second-order valence-electron chi connectivity index (χ2n) is 2.38. The highest BCUT2D eigenvalue weighted by Crippen LogP contribution is 2.06. The molecular weight excluding hydrogens is 142 g/mol. The van der Waals surface area contributed by atoms with Gasteiger partial charge in [-0.3, -0.25) is 4.57 Å². The fourth-order valence-electron chi connectivity index (χ4n) is 1.02. The van der Waals surface area contributed by atoms with Gasteiger partial charge in [-0.1, -0.05) is 0 Å².